The Balaban J connectivity index is 1.28. The summed E-state index contributed by atoms with van der Waals surface area (Å²) in [6, 6.07) is 2.33. The van der Waals surface area contributed by atoms with Gasteiger partial charge in [0, 0.05) is 23.9 Å². The zero-order chi connectivity index (χ0) is 24.5. The number of likely N-dealkylation sites (tertiary alicyclic amines) is 1. The Morgan fingerprint density at radius 1 is 1.29 bits per heavy atom. The molecule has 6 N–H and O–H groups in total. The van der Waals surface area contributed by atoms with Crippen molar-refractivity contribution in [3.8, 4) is 11.5 Å². The van der Waals surface area contributed by atoms with Gasteiger partial charge in [-0.25, -0.2) is 0 Å². The minimum Gasteiger partial charge on any atom is -0.504 e. The van der Waals surface area contributed by atoms with E-state index in [2.05, 4.69) is 10.2 Å². The molecular formula is C25H33N3O6S. The number of hydrogen-bond acceptors (Lipinski definition) is 8. The summed E-state index contributed by atoms with van der Waals surface area (Å²) in [6.45, 7) is 1.88. The van der Waals surface area contributed by atoms with Crippen LogP contribution >= 0.6 is 11.8 Å². The molecule has 1 saturated heterocycles. The van der Waals surface area contributed by atoms with E-state index in [1.807, 2.05) is 6.07 Å². The fourth-order valence-corrected chi connectivity index (χ4v) is 8.01. The van der Waals surface area contributed by atoms with E-state index in [1.165, 1.54) is 24.6 Å². The molecule has 2 saturated carbocycles. The molecule has 6 atom stereocenters. The molecule has 6 rings (SSSR count). The topological polar surface area (TPSA) is 145 Å². The second-order valence-corrected chi connectivity index (χ2v) is 12.0. The van der Waals surface area contributed by atoms with Crippen LogP contribution in [-0.2, 0) is 21.4 Å². The third kappa shape index (κ3) is 3.48. The van der Waals surface area contributed by atoms with E-state index in [0.717, 1.165) is 43.0 Å². The first kappa shape index (κ1) is 23.4. The maximum atomic E-state index is 12.8. The number of carboxylic acids is 1. The first-order valence-electron chi connectivity index (χ1n) is 12.6. The Morgan fingerprint density at radius 2 is 2.09 bits per heavy atom. The number of nitrogens with one attached hydrogen (secondary N) is 1. The summed E-state index contributed by atoms with van der Waals surface area (Å²) in [4.78, 5) is 26.2. The van der Waals surface area contributed by atoms with E-state index in [-0.39, 0.29) is 35.2 Å². The molecule has 1 spiro atoms. The third-order valence-corrected chi connectivity index (χ3v) is 10.0. The van der Waals surface area contributed by atoms with E-state index >= 15 is 0 Å². The molecule has 0 radical (unpaired) electrons. The fraction of sp³-hybridized carbons (Fsp3) is 0.680. The van der Waals surface area contributed by atoms with Crippen LogP contribution in [0, 0.1) is 5.92 Å². The van der Waals surface area contributed by atoms with E-state index in [0.29, 0.717) is 18.6 Å². The Morgan fingerprint density at radius 3 is 2.83 bits per heavy atom. The van der Waals surface area contributed by atoms with Crippen LogP contribution in [0.15, 0.2) is 12.1 Å². The lowest BCUT2D eigenvalue weighted by atomic mass is 9.48. The summed E-state index contributed by atoms with van der Waals surface area (Å²) in [7, 11) is 0. The molecule has 1 aromatic carbocycles. The number of aromatic hydroxyl groups is 1. The second kappa shape index (κ2) is 8.26. The molecule has 1 amide bonds. The minimum absolute atomic E-state index is 0.00402. The van der Waals surface area contributed by atoms with Crippen molar-refractivity contribution in [1.29, 1.82) is 0 Å². The number of nitrogens with two attached hydrogens (primary N) is 1. The van der Waals surface area contributed by atoms with Gasteiger partial charge >= 0.3 is 5.97 Å². The van der Waals surface area contributed by atoms with Gasteiger partial charge in [-0.2, -0.15) is 0 Å². The molecular weight excluding hydrogens is 470 g/mol. The number of phenolic OH excluding ortho intramolecular Hbond substituents is 1. The molecule has 2 bridgehead atoms. The number of nitrogens with zero attached hydrogens (tertiary/aromatic N) is 1. The summed E-state index contributed by atoms with van der Waals surface area (Å²) >= 11 is 1.19. The van der Waals surface area contributed by atoms with Crippen LogP contribution in [0.4, 0.5) is 0 Å². The normalized spacial score (nSPS) is 35.7. The maximum Gasteiger partial charge on any atom is 0.321 e. The van der Waals surface area contributed by atoms with Gasteiger partial charge in [-0.3, -0.25) is 14.5 Å². The maximum absolute atomic E-state index is 12.8. The number of aliphatic hydroxyl groups is 1. The molecule has 1 unspecified atom stereocenters. The number of amides is 1. The van der Waals surface area contributed by atoms with Crippen LogP contribution < -0.4 is 15.8 Å². The number of rotatable bonds is 8. The Bertz CT molecular complexity index is 1070. The Kier molecular flexibility index (Phi) is 5.52. The standard InChI is InChI=1S/C25H33N3O6S/c26-15(23(31)32)11-35-12-19(30)27-16-5-6-25(33)18-9-14-3-4-17(29)21-20(14)24(25,22(16)34-21)7-8-28(18)10-13-1-2-13/h3-4,13,15-16,18,22,29,33H,1-2,5-12,26H2,(H,27,30)(H,31,32)/t15?,16-,18-,22+,24+,25-/m1/s1. The number of hydrogen-bond donors (Lipinski definition) is 5. The average molecular weight is 504 g/mol. The highest BCUT2D eigenvalue weighted by molar-refractivity contribution is 8.00. The number of carboxylic acid groups (broad SMARTS) is 1. The zero-order valence-electron chi connectivity index (χ0n) is 19.6. The van der Waals surface area contributed by atoms with Crippen LogP contribution in [0.1, 0.15) is 43.2 Å². The summed E-state index contributed by atoms with van der Waals surface area (Å²) in [5.74, 6) is 0.224. The minimum atomic E-state index is -1.09. The largest absolute Gasteiger partial charge is 0.504 e. The highest BCUT2D eigenvalue weighted by Gasteiger charge is 2.73. The molecule has 3 fully saturated rings. The SMILES string of the molecule is NC(CSCC(=O)N[C@@H]1CC[C@@]2(O)[C@H]3Cc4ccc(O)c5c4[C@@]2(CCN3CC2CC2)[C@H]1O5)C(=O)O. The first-order valence-corrected chi connectivity index (χ1v) is 13.7. The number of carbonyl (C=O) groups excluding carboxylic acids is 1. The Labute approximate surface area is 208 Å². The van der Waals surface area contributed by atoms with Gasteiger partial charge in [0.05, 0.1) is 22.8 Å². The van der Waals surface area contributed by atoms with Gasteiger partial charge in [0.15, 0.2) is 11.5 Å². The monoisotopic (exact) mass is 503 g/mol. The van der Waals surface area contributed by atoms with Gasteiger partial charge in [0.1, 0.15) is 12.1 Å². The number of aliphatic carboxylic acids is 1. The predicted molar refractivity (Wildman–Crippen MR) is 130 cm³/mol. The van der Waals surface area contributed by atoms with Gasteiger partial charge in [-0.1, -0.05) is 6.07 Å². The van der Waals surface area contributed by atoms with Crippen molar-refractivity contribution in [1.82, 2.24) is 10.2 Å². The number of ether oxygens (including phenoxy) is 1. The molecule has 1 aromatic rings. The molecule has 0 aromatic heterocycles. The van der Waals surface area contributed by atoms with Crippen molar-refractivity contribution < 1.29 is 29.6 Å². The van der Waals surface area contributed by atoms with Crippen molar-refractivity contribution in [3.05, 3.63) is 23.3 Å². The predicted octanol–water partition coefficient (Wildman–Crippen LogP) is 0.586. The number of phenols is 1. The highest BCUT2D eigenvalue weighted by atomic mass is 32.2. The number of thioether (sulfide) groups is 1. The molecule has 2 heterocycles. The molecule has 190 valence electrons. The van der Waals surface area contributed by atoms with Crippen molar-refractivity contribution in [2.45, 2.75) is 73.8 Å². The molecule has 2 aliphatic heterocycles. The van der Waals surface area contributed by atoms with E-state index in [1.54, 1.807) is 6.07 Å². The van der Waals surface area contributed by atoms with Gasteiger partial charge in [0.2, 0.25) is 5.91 Å². The lowest BCUT2D eigenvalue weighted by Crippen LogP contribution is -2.78. The number of benzene rings is 1. The summed E-state index contributed by atoms with van der Waals surface area (Å²) in [5, 5.41) is 35.2. The van der Waals surface area contributed by atoms with Gasteiger partial charge in [-0.15, -0.1) is 11.8 Å². The molecule has 9 nitrogen and oxygen atoms in total. The lowest BCUT2D eigenvalue weighted by Gasteiger charge is -2.64. The quantitative estimate of drug-likeness (QED) is 0.344. The molecule has 10 heteroatoms. The van der Waals surface area contributed by atoms with Crippen molar-refractivity contribution in [2.75, 3.05) is 24.6 Å². The van der Waals surface area contributed by atoms with Crippen molar-refractivity contribution in [2.24, 2.45) is 11.7 Å². The van der Waals surface area contributed by atoms with Crippen molar-refractivity contribution >= 4 is 23.6 Å². The zero-order valence-corrected chi connectivity index (χ0v) is 20.4. The third-order valence-electron chi connectivity index (χ3n) is 8.96. The van der Waals surface area contributed by atoms with E-state index in [9.17, 15) is 19.8 Å². The first-order chi connectivity index (χ1) is 16.7. The number of piperidine rings is 1. The van der Waals surface area contributed by atoms with Crippen LogP contribution in [-0.4, -0.2) is 86.5 Å². The summed E-state index contributed by atoms with van der Waals surface area (Å²) in [5.41, 5.74) is 5.95. The molecule has 3 aliphatic carbocycles. The number of carbonyl (C=O) groups is 2. The van der Waals surface area contributed by atoms with Gasteiger partial charge < -0.3 is 31.1 Å². The van der Waals surface area contributed by atoms with Gasteiger partial charge in [0.25, 0.3) is 0 Å². The highest BCUT2D eigenvalue weighted by Crippen LogP contribution is 2.65. The summed E-state index contributed by atoms with van der Waals surface area (Å²) < 4.78 is 6.44. The van der Waals surface area contributed by atoms with E-state index in [4.69, 9.17) is 15.6 Å². The van der Waals surface area contributed by atoms with Crippen molar-refractivity contribution in [3.63, 3.8) is 0 Å². The molecule has 5 aliphatic rings. The lowest BCUT2D eigenvalue weighted by molar-refractivity contribution is -0.192. The van der Waals surface area contributed by atoms with E-state index < -0.39 is 29.1 Å². The smallest absolute Gasteiger partial charge is 0.321 e. The Hall–Kier alpha value is -2.01. The van der Waals surface area contributed by atoms with Crippen LogP contribution in [0.25, 0.3) is 0 Å². The molecule has 35 heavy (non-hydrogen) atoms. The van der Waals surface area contributed by atoms with Gasteiger partial charge in [-0.05, 0) is 62.6 Å². The van der Waals surface area contributed by atoms with Crippen LogP contribution in [0.2, 0.25) is 0 Å². The van der Waals surface area contributed by atoms with Crippen LogP contribution in [0.5, 0.6) is 11.5 Å². The average Bonchev–Trinajstić information content (AvgIpc) is 3.55. The summed E-state index contributed by atoms with van der Waals surface area (Å²) in [6.07, 6.45) is 4.63. The second-order valence-electron chi connectivity index (χ2n) is 11.0. The fourth-order valence-electron chi connectivity index (χ4n) is 7.23. The van der Waals surface area contributed by atoms with Crippen LogP contribution in [0.3, 0.4) is 0 Å².